The third kappa shape index (κ3) is 4.67. The summed E-state index contributed by atoms with van der Waals surface area (Å²) in [5, 5.41) is 3.08. The first kappa shape index (κ1) is 20.6. The molecule has 1 amide bonds. The second-order valence-corrected chi connectivity index (χ2v) is 6.83. The van der Waals surface area contributed by atoms with Gasteiger partial charge in [0.2, 0.25) is 5.91 Å². The molecule has 1 heterocycles. The van der Waals surface area contributed by atoms with E-state index in [2.05, 4.69) is 5.32 Å². The third-order valence-electron chi connectivity index (χ3n) is 4.62. The van der Waals surface area contributed by atoms with E-state index in [9.17, 15) is 22.4 Å². The number of benzene rings is 2. The van der Waals surface area contributed by atoms with E-state index in [0.717, 1.165) is 10.6 Å². The molecular formula is C22H20F4N2O. The van der Waals surface area contributed by atoms with Crippen molar-refractivity contribution in [1.82, 2.24) is 9.88 Å². The highest BCUT2D eigenvalue weighted by atomic mass is 19.4. The highest BCUT2D eigenvalue weighted by Gasteiger charge is 2.35. The molecule has 152 valence electrons. The molecule has 0 aliphatic rings. The van der Waals surface area contributed by atoms with Crippen LogP contribution in [0.5, 0.6) is 0 Å². The Morgan fingerprint density at radius 3 is 2.41 bits per heavy atom. The van der Waals surface area contributed by atoms with Gasteiger partial charge in [-0.3, -0.25) is 4.79 Å². The minimum absolute atomic E-state index is 0.0172. The largest absolute Gasteiger partial charge is 0.431 e. The van der Waals surface area contributed by atoms with Crippen LogP contribution in [0, 0.1) is 19.7 Å². The normalized spacial score (nSPS) is 12.1. The molecule has 0 unspecified atom stereocenters. The van der Waals surface area contributed by atoms with Gasteiger partial charge < -0.3 is 9.88 Å². The minimum Gasteiger partial charge on any atom is -0.351 e. The summed E-state index contributed by atoms with van der Waals surface area (Å²) < 4.78 is 54.8. The predicted molar refractivity (Wildman–Crippen MR) is 105 cm³/mol. The summed E-state index contributed by atoms with van der Waals surface area (Å²) in [7, 11) is 0. The monoisotopic (exact) mass is 404 g/mol. The van der Waals surface area contributed by atoms with Gasteiger partial charge in [0.15, 0.2) is 0 Å². The van der Waals surface area contributed by atoms with Gasteiger partial charge in [-0.15, -0.1) is 0 Å². The SMILES string of the molecule is Cc1cc(/C=C/C(=O)NCCn2c(C(F)(F)F)cc3ccccc32)cc(C)c1F. The number of aryl methyl sites for hydroxylation is 2. The summed E-state index contributed by atoms with van der Waals surface area (Å²) >= 11 is 0. The van der Waals surface area contributed by atoms with Gasteiger partial charge in [-0.1, -0.05) is 18.2 Å². The Morgan fingerprint density at radius 2 is 1.76 bits per heavy atom. The second kappa shape index (κ2) is 8.11. The second-order valence-electron chi connectivity index (χ2n) is 6.83. The van der Waals surface area contributed by atoms with Crippen LogP contribution in [-0.2, 0) is 17.5 Å². The zero-order valence-electron chi connectivity index (χ0n) is 16.0. The number of alkyl halides is 3. The molecule has 7 heteroatoms. The maximum Gasteiger partial charge on any atom is 0.431 e. The van der Waals surface area contributed by atoms with Crippen molar-refractivity contribution in [1.29, 1.82) is 0 Å². The Balaban J connectivity index is 1.68. The lowest BCUT2D eigenvalue weighted by molar-refractivity contribution is -0.143. The lowest BCUT2D eigenvalue weighted by atomic mass is 10.1. The molecule has 2 aromatic carbocycles. The standard InChI is InChI=1S/C22H20F4N2O/c1-14-11-16(12-15(2)21(14)23)7-8-20(29)27-9-10-28-18-6-4-3-5-17(18)13-19(28)22(24,25)26/h3-8,11-13H,9-10H2,1-2H3,(H,27,29)/b8-7+. The Kier molecular flexibility index (Phi) is 5.77. The van der Waals surface area contributed by atoms with Crippen LogP contribution in [0.25, 0.3) is 17.0 Å². The molecule has 0 radical (unpaired) electrons. The van der Waals surface area contributed by atoms with E-state index in [4.69, 9.17) is 0 Å². The lowest BCUT2D eigenvalue weighted by Gasteiger charge is -2.13. The van der Waals surface area contributed by atoms with Crippen molar-refractivity contribution in [2.45, 2.75) is 26.6 Å². The topological polar surface area (TPSA) is 34.0 Å². The highest BCUT2D eigenvalue weighted by molar-refractivity contribution is 5.91. The molecular weight excluding hydrogens is 384 g/mol. The first-order chi connectivity index (χ1) is 13.7. The number of hydrogen-bond donors (Lipinski definition) is 1. The van der Waals surface area contributed by atoms with Gasteiger partial charge in [0.05, 0.1) is 0 Å². The Labute approximate surface area is 165 Å². The quantitative estimate of drug-likeness (QED) is 0.458. The smallest absolute Gasteiger partial charge is 0.351 e. The zero-order chi connectivity index (χ0) is 21.2. The first-order valence-corrected chi connectivity index (χ1v) is 9.05. The van der Waals surface area contributed by atoms with Crippen LogP contribution in [0.2, 0.25) is 0 Å². The van der Waals surface area contributed by atoms with Crippen LogP contribution < -0.4 is 5.32 Å². The van der Waals surface area contributed by atoms with Gasteiger partial charge in [-0.2, -0.15) is 13.2 Å². The van der Waals surface area contributed by atoms with Gasteiger partial charge in [0.1, 0.15) is 11.5 Å². The molecule has 0 saturated carbocycles. The number of hydrogen-bond acceptors (Lipinski definition) is 1. The number of halogens is 4. The summed E-state index contributed by atoms with van der Waals surface area (Å²) in [4.78, 5) is 12.0. The summed E-state index contributed by atoms with van der Waals surface area (Å²) in [6.07, 6.45) is -1.66. The Bertz CT molecular complexity index is 1060. The lowest BCUT2D eigenvalue weighted by Crippen LogP contribution is -2.26. The average Bonchev–Trinajstić information content (AvgIpc) is 3.03. The van der Waals surface area contributed by atoms with Crippen molar-refractivity contribution in [2.24, 2.45) is 0 Å². The maximum atomic E-state index is 13.7. The van der Waals surface area contributed by atoms with Gasteiger partial charge >= 0.3 is 6.18 Å². The number of carbonyl (C=O) groups excluding carboxylic acids is 1. The van der Waals surface area contributed by atoms with E-state index in [1.807, 2.05) is 0 Å². The molecule has 3 aromatic rings. The zero-order valence-corrected chi connectivity index (χ0v) is 16.0. The van der Waals surface area contributed by atoms with Crippen LogP contribution >= 0.6 is 0 Å². The molecule has 0 atom stereocenters. The molecule has 0 aliphatic carbocycles. The van der Waals surface area contributed by atoms with E-state index in [1.165, 1.54) is 6.08 Å². The van der Waals surface area contributed by atoms with E-state index >= 15 is 0 Å². The summed E-state index contributed by atoms with van der Waals surface area (Å²) in [5.74, 6) is -0.722. The fourth-order valence-electron chi connectivity index (χ4n) is 3.28. The van der Waals surface area contributed by atoms with Crippen molar-refractivity contribution in [3.63, 3.8) is 0 Å². The van der Waals surface area contributed by atoms with E-state index in [1.54, 1.807) is 56.3 Å². The van der Waals surface area contributed by atoms with Crippen LogP contribution in [0.4, 0.5) is 17.6 Å². The van der Waals surface area contributed by atoms with E-state index in [-0.39, 0.29) is 18.9 Å². The molecule has 29 heavy (non-hydrogen) atoms. The van der Waals surface area contributed by atoms with Crippen LogP contribution in [0.1, 0.15) is 22.4 Å². The van der Waals surface area contributed by atoms with Gasteiger partial charge in [0.25, 0.3) is 0 Å². The molecule has 1 N–H and O–H groups in total. The molecule has 3 nitrogen and oxygen atoms in total. The van der Waals surface area contributed by atoms with Crippen LogP contribution in [-0.4, -0.2) is 17.0 Å². The number of para-hydroxylation sites is 1. The van der Waals surface area contributed by atoms with Crippen molar-refractivity contribution in [2.75, 3.05) is 6.54 Å². The number of fused-ring (bicyclic) bond motifs is 1. The average molecular weight is 404 g/mol. The van der Waals surface area contributed by atoms with Crippen molar-refractivity contribution < 1.29 is 22.4 Å². The Hall–Kier alpha value is -3.09. The van der Waals surface area contributed by atoms with Crippen molar-refractivity contribution >= 4 is 22.9 Å². The number of nitrogens with one attached hydrogen (secondary N) is 1. The molecule has 0 spiro atoms. The number of aromatic nitrogens is 1. The van der Waals surface area contributed by atoms with Crippen LogP contribution in [0.3, 0.4) is 0 Å². The molecule has 0 aliphatic heterocycles. The fourth-order valence-corrected chi connectivity index (χ4v) is 3.28. The van der Waals surface area contributed by atoms with Gasteiger partial charge in [-0.25, -0.2) is 4.39 Å². The third-order valence-corrected chi connectivity index (χ3v) is 4.62. The first-order valence-electron chi connectivity index (χ1n) is 9.05. The number of rotatable bonds is 5. The number of amides is 1. The maximum absolute atomic E-state index is 13.7. The van der Waals surface area contributed by atoms with Crippen molar-refractivity contribution in [3.8, 4) is 0 Å². The summed E-state index contributed by atoms with van der Waals surface area (Å²) in [6, 6.07) is 10.9. The predicted octanol–water partition coefficient (Wildman–Crippen LogP) is 5.25. The molecule has 0 fully saturated rings. The molecule has 3 rings (SSSR count). The van der Waals surface area contributed by atoms with Gasteiger partial charge in [0, 0.05) is 30.1 Å². The van der Waals surface area contributed by atoms with Crippen LogP contribution in [0.15, 0.2) is 48.5 Å². The minimum atomic E-state index is -4.48. The molecule has 0 bridgehead atoms. The molecule has 0 saturated heterocycles. The molecule has 1 aromatic heterocycles. The number of nitrogens with zero attached hydrogens (tertiary/aromatic N) is 1. The summed E-state index contributed by atoms with van der Waals surface area (Å²) in [5.41, 5.74) is 1.34. The highest BCUT2D eigenvalue weighted by Crippen LogP contribution is 2.33. The fraction of sp³-hybridized carbons (Fsp3) is 0.227. The summed E-state index contributed by atoms with van der Waals surface area (Å²) in [6.45, 7) is 3.29. The number of carbonyl (C=O) groups is 1. The Morgan fingerprint density at radius 1 is 1.10 bits per heavy atom. The van der Waals surface area contributed by atoms with E-state index < -0.39 is 17.8 Å². The van der Waals surface area contributed by atoms with E-state index in [0.29, 0.717) is 27.6 Å². The van der Waals surface area contributed by atoms with Crippen molar-refractivity contribution in [3.05, 3.63) is 76.7 Å². The van der Waals surface area contributed by atoms with Gasteiger partial charge in [-0.05, 0) is 60.9 Å².